The van der Waals surface area contributed by atoms with Gasteiger partial charge in [0.25, 0.3) is 0 Å². The Labute approximate surface area is 184 Å². The normalized spacial score (nSPS) is 12.2. The van der Waals surface area contributed by atoms with E-state index in [1.54, 1.807) is 18.4 Å². The molecule has 0 fully saturated rings. The van der Waals surface area contributed by atoms with E-state index in [4.69, 9.17) is 4.74 Å². The molecule has 0 aliphatic rings. The van der Waals surface area contributed by atoms with Crippen LogP contribution in [0.4, 0.5) is 4.79 Å². The summed E-state index contributed by atoms with van der Waals surface area (Å²) in [6.07, 6.45) is 1.51. The second-order valence-corrected chi connectivity index (χ2v) is 8.79. The number of nitrogens with zero attached hydrogens (tertiary/aromatic N) is 2. The van der Waals surface area contributed by atoms with Gasteiger partial charge in [0.2, 0.25) is 0 Å². The smallest absolute Gasteiger partial charge is 0.408 e. The van der Waals surface area contributed by atoms with E-state index in [9.17, 15) is 4.79 Å². The Morgan fingerprint density at radius 1 is 1.26 bits per heavy atom. The Hall–Kier alpha value is -1.10. The molecule has 27 heavy (non-hydrogen) atoms. The average molecular weight is 511 g/mol. The monoisotopic (exact) mass is 511 g/mol. The van der Waals surface area contributed by atoms with Crippen LogP contribution in [0.1, 0.15) is 51.7 Å². The molecule has 0 atom stereocenters. The predicted molar refractivity (Wildman–Crippen MR) is 123 cm³/mol. The number of rotatable bonds is 7. The lowest BCUT2D eigenvalue weighted by Gasteiger charge is -2.29. The molecule has 0 saturated carbocycles. The van der Waals surface area contributed by atoms with Crippen molar-refractivity contribution < 1.29 is 9.53 Å². The van der Waals surface area contributed by atoms with Crippen molar-refractivity contribution in [1.82, 2.24) is 20.9 Å². The summed E-state index contributed by atoms with van der Waals surface area (Å²) < 4.78 is 5.30. The van der Waals surface area contributed by atoms with E-state index in [2.05, 4.69) is 31.3 Å². The van der Waals surface area contributed by atoms with Crippen LogP contribution in [0, 0.1) is 6.92 Å². The molecule has 0 unspecified atom stereocenters. The number of aliphatic imine (C=N–C) groups is 1. The zero-order valence-electron chi connectivity index (χ0n) is 17.4. The number of guanidine groups is 1. The van der Waals surface area contributed by atoms with Crippen molar-refractivity contribution in [2.45, 2.75) is 65.5 Å². The Bertz CT molecular complexity index is 611. The van der Waals surface area contributed by atoms with Crippen molar-refractivity contribution in [3.63, 3.8) is 0 Å². The first-order chi connectivity index (χ1) is 12.0. The molecular weight excluding hydrogens is 477 g/mol. The number of halogens is 1. The van der Waals surface area contributed by atoms with Crippen LogP contribution in [0.2, 0.25) is 0 Å². The Kier molecular flexibility index (Phi) is 11.2. The quantitative estimate of drug-likeness (QED) is 0.226. The van der Waals surface area contributed by atoms with Gasteiger partial charge in [0.1, 0.15) is 5.60 Å². The summed E-state index contributed by atoms with van der Waals surface area (Å²) in [6, 6.07) is 0. The summed E-state index contributed by atoms with van der Waals surface area (Å²) in [5.74, 6) is 0.708. The minimum Gasteiger partial charge on any atom is -0.444 e. The molecule has 3 N–H and O–H groups in total. The number of thiazole rings is 1. The molecule has 0 bridgehead atoms. The highest BCUT2D eigenvalue weighted by atomic mass is 127. The van der Waals surface area contributed by atoms with Gasteiger partial charge in [0.05, 0.1) is 10.5 Å². The van der Waals surface area contributed by atoms with E-state index in [1.807, 2.05) is 41.5 Å². The molecule has 0 aromatic carbocycles. The van der Waals surface area contributed by atoms with Crippen LogP contribution in [0.25, 0.3) is 0 Å². The fraction of sp³-hybridized carbons (Fsp3) is 0.722. The molecule has 1 heterocycles. The van der Waals surface area contributed by atoms with Gasteiger partial charge in [-0.25, -0.2) is 9.78 Å². The van der Waals surface area contributed by atoms with E-state index in [1.165, 1.54) is 0 Å². The predicted octanol–water partition coefficient (Wildman–Crippen LogP) is 3.47. The summed E-state index contributed by atoms with van der Waals surface area (Å²) >= 11 is 1.70. The summed E-state index contributed by atoms with van der Waals surface area (Å²) in [5.41, 5.74) is 0.0923. The van der Waals surface area contributed by atoms with E-state index in [-0.39, 0.29) is 24.0 Å². The molecule has 1 amide bonds. The molecule has 0 spiro atoms. The average Bonchev–Trinajstić information content (AvgIpc) is 2.89. The van der Waals surface area contributed by atoms with Gasteiger partial charge in [-0.05, 0) is 48.0 Å². The molecule has 0 aliphatic carbocycles. The van der Waals surface area contributed by atoms with Gasteiger partial charge >= 0.3 is 6.09 Å². The second-order valence-electron chi connectivity index (χ2n) is 7.85. The van der Waals surface area contributed by atoms with Crippen LogP contribution in [-0.2, 0) is 11.2 Å². The third-order valence-corrected chi connectivity index (χ3v) is 4.31. The lowest BCUT2D eigenvalue weighted by Crippen LogP contribution is -2.54. The number of hydrogen-bond acceptors (Lipinski definition) is 5. The lowest BCUT2D eigenvalue weighted by molar-refractivity contribution is 0.0474. The standard InChI is InChI=1S/C18H33N5O2S.HI/c1-13-11-26-14(22-13)9-8-10-20-15(19-7)21-12-18(5,6)23-16(24)25-17(2,3)4;/h11H,8-10,12H2,1-7H3,(H,23,24)(H2,19,20,21);1H. The van der Waals surface area contributed by atoms with Crippen LogP contribution in [-0.4, -0.2) is 48.3 Å². The molecule has 0 radical (unpaired) electrons. The van der Waals surface area contributed by atoms with Gasteiger partial charge in [-0.2, -0.15) is 0 Å². The van der Waals surface area contributed by atoms with Crippen LogP contribution < -0.4 is 16.0 Å². The largest absolute Gasteiger partial charge is 0.444 e. The highest BCUT2D eigenvalue weighted by Gasteiger charge is 2.24. The van der Waals surface area contributed by atoms with Crippen molar-refractivity contribution in [1.29, 1.82) is 0 Å². The van der Waals surface area contributed by atoms with Crippen LogP contribution in [0.15, 0.2) is 10.4 Å². The van der Waals surface area contributed by atoms with Crippen molar-refractivity contribution in [2.24, 2.45) is 4.99 Å². The van der Waals surface area contributed by atoms with E-state index in [0.717, 1.165) is 30.1 Å². The number of carbonyl (C=O) groups is 1. The third kappa shape index (κ3) is 12.1. The first-order valence-corrected chi connectivity index (χ1v) is 9.75. The lowest BCUT2D eigenvalue weighted by atomic mass is 10.1. The fourth-order valence-corrected chi connectivity index (χ4v) is 2.93. The van der Waals surface area contributed by atoms with Crippen molar-refractivity contribution >= 4 is 47.4 Å². The SMILES string of the molecule is CN=C(NCCCc1nc(C)cs1)NCC(C)(C)NC(=O)OC(C)(C)C.I. The first kappa shape index (κ1) is 25.9. The number of aryl methyl sites for hydroxylation is 2. The molecule has 1 aromatic rings. The van der Waals surface area contributed by atoms with Crippen molar-refractivity contribution in [3.05, 3.63) is 16.1 Å². The van der Waals surface area contributed by atoms with Gasteiger partial charge in [0.15, 0.2) is 5.96 Å². The maximum Gasteiger partial charge on any atom is 0.408 e. The summed E-state index contributed by atoms with van der Waals surface area (Å²) in [4.78, 5) is 20.6. The van der Waals surface area contributed by atoms with Gasteiger partial charge in [0, 0.05) is 37.6 Å². The molecule has 156 valence electrons. The number of aromatic nitrogens is 1. The van der Waals surface area contributed by atoms with Gasteiger partial charge in [-0.1, -0.05) is 0 Å². The maximum absolute atomic E-state index is 11.9. The zero-order chi connectivity index (χ0) is 19.8. The first-order valence-electron chi connectivity index (χ1n) is 8.87. The summed E-state index contributed by atoms with van der Waals surface area (Å²) in [5, 5.41) is 12.6. The highest BCUT2D eigenvalue weighted by molar-refractivity contribution is 14.0. The molecule has 7 nitrogen and oxygen atoms in total. The molecule has 9 heteroatoms. The number of hydrogen-bond donors (Lipinski definition) is 3. The molecule has 1 aromatic heterocycles. The van der Waals surface area contributed by atoms with Crippen LogP contribution in [0.3, 0.4) is 0 Å². The number of alkyl carbamates (subject to hydrolysis) is 1. The van der Waals surface area contributed by atoms with Crippen molar-refractivity contribution in [3.8, 4) is 0 Å². The van der Waals surface area contributed by atoms with Crippen molar-refractivity contribution in [2.75, 3.05) is 20.1 Å². The number of amides is 1. The van der Waals surface area contributed by atoms with Gasteiger partial charge < -0.3 is 20.7 Å². The number of nitrogens with one attached hydrogen (secondary N) is 3. The number of carbonyl (C=O) groups excluding carboxylic acids is 1. The third-order valence-electron chi connectivity index (χ3n) is 3.29. The van der Waals surface area contributed by atoms with Gasteiger partial charge in [-0.15, -0.1) is 35.3 Å². The highest BCUT2D eigenvalue weighted by Crippen LogP contribution is 2.10. The maximum atomic E-state index is 11.9. The molecule has 0 saturated heterocycles. The van der Waals surface area contributed by atoms with Crippen LogP contribution >= 0.6 is 35.3 Å². The summed E-state index contributed by atoms with van der Waals surface area (Å²) in [6.45, 7) is 12.7. The number of ether oxygens (including phenoxy) is 1. The second kappa shape index (κ2) is 11.7. The molecule has 0 aliphatic heterocycles. The Balaban J connectivity index is 0.00000676. The van der Waals surface area contributed by atoms with Gasteiger partial charge in [-0.3, -0.25) is 4.99 Å². The van der Waals surface area contributed by atoms with Crippen LogP contribution in [0.5, 0.6) is 0 Å². The Morgan fingerprint density at radius 2 is 1.93 bits per heavy atom. The minimum absolute atomic E-state index is 0. The summed E-state index contributed by atoms with van der Waals surface area (Å²) in [7, 11) is 1.73. The Morgan fingerprint density at radius 3 is 2.44 bits per heavy atom. The van der Waals surface area contributed by atoms with E-state index in [0.29, 0.717) is 12.5 Å². The molecular formula is C18H34IN5O2S. The minimum atomic E-state index is -0.513. The van der Waals surface area contributed by atoms with E-state index < -0.39 is 17.2 Å². The van der Waals surface area contributed by atoms with E-state index >= 15 is 0 Å². The topological polar surface area (TPSA) is 87.6 Å². The zero-order valence-corrected chi connectivity index (χ0v) is 20.6. The fourth-order valence-electron chi connectivity index (χ4n) is 2.11. The molecule has 1 rings (SSSR count).